The van der Waals surface area contributed by atoms with Crippen molar-refractivity contribution in [1.82, 2.24) is 10.6 Å². The summed E-state index contributed by atoms with van der Waals surface area (Å²) in [5, 5.41) is 15.3. The van der Waals surface area contributed by atoms with Crippen LogP contribution in [0.2, 0.25) is 0 Å². The summed E-state index contributed by atoms with van der Waals surface area (Å²) in [4.78, 5) is 61.7. The number of benzene rings is 1. The second-order valence-electron chi connectivity index (χ2n) is 9.51. The summed E-state index contributed by atoms with van der Waals surface area (Å²) in [7, 11) is 0. The van der Waals surface area contributed by atoms with Gasteiger partial charge in [-0.25, -0.2) is 0 Å². The molecule has 12 heteroatoms. The van der Waals surface area contributed by atoms with E-state index in [0.29, 0.717) is 12.8 Å². The molecule has 0 spiro atoms. The standard InChI is InChI=1S/C26H34N2O10/c1-13-21(36-14(2)29)22(37-15(3)30)23(38-16(4)31)26(35-13)28-25(34)19-10-5-6-11-20(19)27-24(33)17-8-7-9-18(32)12-17/h7-9,12-13,19-23,26,32H,5-6,10-11H2,1-4H3,(H,27,33)(H,28,34)/t13-,19-,20+,21+,22+,23-,26+/m0/s1. The van der Waals surface area contributed by atoms with Crippen LogP contribution in [-0.2, 0) is 38.1 Å². The van der Waals surface area contributed by atoms with E-state index in [0.717, 1.165) is 26.7 Å². The first-order valence-corrected chi connectivity index (χ1v) is 12.5. The zero-order valence-electron chi connectivity index (χ0n) is 21.8. The number of ether oxygens (including phenoxy) is 4. The zero-order valence-corrected chi connectivity index (χ0v) is 21.8. The van der Waals surface area contributed by atoms with Crippen LogP contribution in [0, 0.1) is 5.92 Å². The van der Waals surface area contributed by atoms with Crippen molar-refractivity contribution in [2.24, 2.45) is 5.92 Å². The Bertz CT molecular complexity index is 1060. The molecule has 2 amide bonds. The molecular formula is C26H34N2O10. The Labute approximate surface area is 220 Å². The average Bonchev–Trinajstić information content (AvgIpc) is 2.83. The summed E-state index contributed by atoms with van der Waals surface area (Å²) in [6.07, 6.45) is -3.06. The predicted molar refractivity (Wildman–Crippen MR) is 130 cm³/mol. The number of amides is 2. The lowest BCUT2D eigenvalue weighted by Gasteiger charge is -2.44. The number of carbonyl (C=O) groups excluding carboxylic acids is 5. The van der Waals surface area contributed by atoms with E-state index < -0.39 is 72.3 Å². The fraction of sp³-hybridized carbons (Fsp3) is 0.577. The van der Waals surface area contributed by atoms with Gasteiger partial charge in [0.15, 0.2) is 24.5 Å². The van der Waals surface area contributed by atoms with Gasteiger partial charge in [-0.15, -0.1) is 0 Å². The van der Waals surface area contributed by atoms with Crippen LogP contribution in [0.15, 0.2) is 24.3 Å². The van der Waals surface area contributed by atoms with Crippen LogP contribution in [0.3, 0.4) is 0 Å². The summed E-state index contributed by atoms with van der Waals surface area (Å²) in [5.41, 5.74) is 0.259. The van der Waals surface area contributed by atoms with Crippen molar-refractivity contribution in [3.05, 3.63) is 29.8 Å². The summed E-state index contributed by atoms with van der Waals surface area (Å²) in [5.74, 6) is -3.63. The highest BCUT2D eigenvalue weighted by molar-refractivity contribution is 5.95. The van der Waals surface area contributed by atoms with Crippen LogP contribution >= 0.6 is 0 Å². The van der Waals surface area contributed by atoms with E-state index in [9.17, 15) is 29.1 Å². The molecule has 1 saturated carbocycles. The normalized spacial score (nSPS) is 28.9. The van der Waals surface area contributed by atoms with E-state index in [4.69, 9.17) is 18.9 Å². The van der Waals surface area contributed by atoms with Crippen molar-refractivity contribution < 1.29 is 48.0 Å². The van der Waals surface area contributed by atoms with Crippen molar-refractivity contribution >= 4 is 29.7 Å². The Morgan fingerprint density at radius 2 is 1.47 bits per heavy atom. The zero-order chi connectivity index (χ0) is 28.0. The van der Waals surface area contributed by atoms with Crippen LogP contribution < -0.4 is 10.6 Å². The predicted octanol–water partition coefficient (Wildman–Crippen LogP) is 1.34. The number of phenolic OH excluding ortho intramolecular Hbond substituents is 1. The van der Waals surface area contributed by atoms with Gasteiger partial charge in [0, 0.05) is 32.4 Å². The Morgan fingerprint density at radius 1 is 0.868 bits per heavy atom. The Balaban J connectivity index is 1.80. The second kappa shape index (κ2) is 12.7. The van der Waals surface area contributed by atoms with E-state index in [1.165, 1.54) is 19.1 Å². The van der Waals surface area contributed by atoms with Crippen LogP contribution in [-0.4, -0.2) is 71.5 Å². The van der Waals surface area contributed by atoms with Gasteiger partial charge in [-0.3, -0.25) is 24.0 Å². The molecule has 1 aliphatic heterocycles. The molecule has 1 aliphatic carbocycles. The molecule has 0 bridgehead atoms. The Hall–Kier alpha value is -3.67. The second-order valence-corrected chi connectivity index (χ2v) is 9.51. The Morgan fingerprint density at radius 3 is 2.11 bits per heavy atom. The minimum atomic E-state index is -1.30. The summed E-state index contributed by atoms with van der Waals surface area (Å²) in [6, 6.07) is 5.40. The molecule has 12 nitrogen and oxygen atoms in total. The number of hydrogen-bond donors (Lipinski definition) is 3. The SMILES string of the molecule is CC(=O)O[C@@H]1[C@H](OC(C)=O)[C@H](C)O[C@@H](NC(=O)[C@H]2CCCC[C@H]2NC(=O)c2cccc(O)c2)[C@H]1OC(C)=O. The van der Waals surface area contributed by atoms with E-state index in [-0.39, 0.29) is 11.3 Å². The largest absolute Gasteiger partial charge is 0.508 e. The van der Waals surface area contributed by atoms with Gasteiger partial charge in [-0.1, -0.05) is 18.9 Å². The minimum absolute atomic E-state index is 0.0509. The number of rotatable bonds is 7. The molecule has 0 radical (unpaired) electrons. The molecular weight excluding hydrogens is 500 g/mol. The van der Waals surface area contributed by atoms with Gasteiger partial charge in [0.2, 0.25) is 5.91 Å². The van der Waals surface area contributed by atoms with E-state index in [1.54, 1.807) is 19.1 Å². The lowest BCUT2D eigenvalue weighted by Crippen LogP contribution is -2.65. The molecule has 3 N–H and O–H groups in total. The van der Waals surface area contributed by atoms with E-state index in [1.807, 2.05) is 0 Å². The van der Waals surface area contributed by atoms with Gasteiger partial charge >= 0.3 is 17.9 Å². The maximum Gasteiger partial charge on any atom is 0.303 e. The van der Waals surface area contributed by atoms with E-state index in [2.05, 4.69) is 10.6 Å². The van der Waals surface area contributed by atoms with Crippen molar-refractivity contribution in [1.29, 1.82) is 0 Å². The first-order chi connectivity index (χ1) is 18.0. The molecule has 0 unspecified atom stereocenters. The van der Waals surface area contributed by atoms with Gasteiger partial charge in [0.1, 0.15) is 5.75 Å². The molecule has 38 heavy (non-hydrogen) atoms. The monoisotopic (exact) mass is 534 g/mol. The number of esters is 3. The van der Waals surface area contributed by atoms with Gasteiger partial charge in [-0.05, 0) is 38.0 Å². The topological polar surface area (TPSA) is 167 Å². The van der Waals surface area contributed by atoms with Crippen LogP contribution in [0.25, 0.3) is 0 Å². The molecule has 2 fully saturated rings. The number of hydrogen-bond acceptors (Lipinski definition) is 10. The lowest BCUT2D eigenvalue weighted by atomic mass is 9.83. The summed E-state index contributed by atoms with van der Waals surface area (Å²) >= 11 is 0. The van der Waals surface area contributed by atoms with Gasteiger partial charge in [0.25, 0.3) is 5.91 Å². The molecule has 7 atom stereocenters. The molecule has 0 aromatic heterocycles. The van der Waals surface area contributed by atoms with Gasteiger partial charge in [0.05, 0.1) is 12.0 Å². The fourth-order valence-corrected chi connectivity index (χ4v) is 4.89. The molecule has 1 aromatic carbocycles. The van der Waals surface area contributed by atoms with E-state index >= 15 is 0 Å². The number of carbonyl (C=O) groups is 5. The molecule has 208 valence electrons. The molecule has 3 rings (SSSR count). The maximum absolute atomic E-state index is 13.5. The lowest BCUT2D eigenvalue weighted by molar-refractivity contribution is -0.248. The fourth-order valence-electron chi connectivity index (χ4n) is 4.89. The summed E-state index contributed by atoms with van der Waals surface area (Å²) < 4.78 is 22.0. The third-order valence-corrected chi connectivity index (χ3v) is 6.49. The Kier molecular flexibility index (Phi) is 9.67. The smallest absolute Gasteiger partial charge is 0.303 e. The highest BCUT2D eigenvalue weighted by Gasteiger charge is 2.51. The highest BCUT2D eigenvalue weighted by Crippen LogP contribution is 2.30. The van der Waals surface area contributed by atoms with Crippen LogP contribution in [0.4, 0.5) is 0 Å². The van der Waals surface area contributed by atoms with Crippen molar-refractivity contribution in [2.45, 2.75) is 90.1 Å². The number of phenols is 1. The minimum Gasteiger partial charge on any atom is -0.508 e. The third kappa shape index (κ3) is 7.44. The molecule has 2 aliphatic rings. The number of nitrogens with one attached hydrogen (secondary N) is 2. The maximum atomic E-state index is 13.5. The van der Waals surface area contributed by atoms with Gasteiger partial charge in [-0.2, -0.15) is 0 Å². The molecule has 1 saturated heterocycles. The number of aromatic hydroxyl groups is 1. The average molecular weight is 535 g/mol. The molecule has 1 aromatic rings. The third-order valence-electron chi connectivity index (χ3n) is 6.49. The van der Waals surface area contributed by atoms with Crippen LogP contribution in [0.5, 0.6) is 5.75 Å². The van der Waals surface area contributed by atoms with Crippen LogP contribution in [0.1, 0.15) is 63.7 Å². The first-order valence-electron chi connectivity index (χ1n) is 12.5. The summed E-state index contributed by atoms with van der Waals surface area (Å²) in [6.45, 7) is 5.06. The highest BCUT2D eigenvalue weighted by atomic mass is 16.7. The first kappa shape index (κ1) is 28.9. The van der Waals surface area contributed by atoms with Crippen molar-refractivity contribution in [3.8, 4) is 5.75 Å². The van der Waals surface area contributed by atoms with Gasteiger partial charge < -0.3 is 34.7 Å². The quantitative estimate of drug-likeness (QED) is 0.343. The van der Waals surface area contributed by atoms with Crippen molar-refractivity contribution in [3.63, 3.8) is 0 Å². The van der Waals surface area contributed by atoms with Crippen molar-refractivity contribution in [2.75, 3.05) is 0 Å². The molecule has 1 heterocycles.